The molecule has 0 bridgehead atoms. The molecule has 0 aromatic heterocycles. The molecule has 0 spiro atoms. The first-order valence-electron chi connectivity index (χ1n) is 6.67. The molecule has 0 unspecified atom stereocenters. The van der Waals surface area contributed by atoms with E-state index >= 15 is 0 Å². The Morgan fingerprint density at radius 1 is 1.19 bits per heavy atom. The van der Waals surface area contributed by atoms with E-state index in [0.29, 0.717) is 17.8 Å². The van der Waals surface area contributed by atoms with E-state index in [4.69, 9.17) is 5.73 Å². The van der Waals surface area contributed by atoms with Crippen LogP contribution in [0.3, 0.4) is 0 Å². The van der Waals surface area contributed by atoms with E-state index in [0.717, 1.165) is 0 Å². The van der Waals surface area contributed by atoms with Gasteiger partial charge in [0, 0.05) is 29.3 Å². The van der Waals surface area contributed by atoms with E-state index < -0.39 is 5.54 Å². The fourth-order valence-corrected chi connectivity index (χ4v) is 1.40. The van der Waals surface area contributed by atoms with Crippen molar-refractivity contribution in [1.82, 2.24) is 5.32 Å². The Labute approximate surface area is 132 Å². The van der Waals surface area contributed by atoms with Crippen LogP contribution in [0.4, 0.5) is 5.69 Å². The molecule has 1 aromatic carbocycles. The lowest BCUT2D eigenvalue weighted by atomic mass is 10.1. The minimum Gasteiger partial charge on any atom is -0.350 e. The molecule has 21 heavy (non-hydrogen) atoms. The van der Waals surface area contributed by atoms with Crippen molar-refractivity contribution >= 4 is 29.9 Å². The first-order valence-corrected chi connectivity index (χ1v) is 6.67. The van der Waals surface area contributed by atoms with Gasteiger partial charge in [-0.2, -0.15) is 0 Å². The summed E-state index contributed by atoms with van der Waals surface area (Å²) in [6, 6.07) is 6.77. The molecule has 1 aromatic rings. The van der Waals surface area contributed by atoms with Crippen molar-refractivity contribution in [3.63, 3.8) is 0 Å². The minimum atomic E-state index is -0.444. The number of nitrogens with two attached hydrogens (primary N) is 1. The predicted octanol–water partition coefficient (Wildman–Crippen LogP) is 2.17. The van der Waals surface area contributed by atoms with E-state index in [-0.39, 0.29) is 30.1 Å². The quantitative estimate of drug-likeness (QED) is 0.779. The van der Waals surface area contributed by atoms with Crippen molar-refractivity contribution in [2.75, 3.05) is 11.9 Å². The lowest BCUT2D eigenvalue weighted by Crippen LogP contribution is -2.45. The standard InChI is InChI=1S/C15H23N3O2.ClH/c1-10(2)13(19)18-12-7-5-11(6-8-12)14(20)17-9-15(3,4)16;/h5-8,10H,9,16H2,1-4H3,(H,17,20)(H,18,19);1H. The summed E-state index contributed by atoms with van der Waals surface area (Å²) < 4.78 is 0. The Kier molecular flexibility index (Phi) is 7.39. The van der Waals surface area contributed by atoms with Gasteiger partial charge in [-0.25, -0.2) is 0 Å². The van der Waals surface area contributed by atoms with Crippen molar-refractivity contribution in [3.05, 3.63) is 29.8 Å². The van der Waals surface area contributed by atoms with Gasteiger partial charge in [0.25, 0.3) is 5.91 Å². The number of carbonyl (C=O) groups is 2. The molecule has 2 amide bonds. The van der Waals surface area contributed by atoms with Crippen LogP contribution in [-0.2, 0) is 4.79 Å². The number of halogens is 1. The van der Waals surface area contributed by atoms with E-state index in [1.807, 2.05) is 27.7 Å². The van der Waals surface area contributed by atoms with Gasteiger partial charge >= 0.3 is 0 Å². The summed E-state index contributed by atoms with van der Waals surface area (Å²) in [4.78, 5) is 23.4. The van der Waals surface area contributed by atoms with Gasteiger partial charge in [-0.1, -0.05) is 13.8 Å². The van der Waals surface area contributed by atoms with Gasteiger partial charge in [0.05, 0.1) is 0 Å². The molecule has 5 nitrogen and oxygen atoms in total. The molecule has 118 valence electrons. The molecular weight excluding hydrogens is 290 g/mol. The number of anilines is 1. The van der Waals surface area contributed by atoms with Gasteiger partial charge in [-0.15, -0.1) is 12.4 Å². The summed E-state index contributed by atoms with van der Waals surface area (Å²) in [5, 5.41) is 5.54. The van der Waals surface area contributed by atoms with Crippen LogP contribution in [0.5, 0.6) is 0 Å². The van der Waals surface area contributed by atoms with Crippen LogP contribution in [-0.4, -0.2) is 23.9 Å². The number of carbonyl (C=O) groups excluding carboxylic acids is 2. The van der Waals surface area contributed by atoms with E-state index in [2.05, 4.69) is 10.6 Å². The smallest absolute Gasteiger partial charge is 0.251 e. The lowest BCUT2D eigenvalue weighted by Gasteiger charge is -2.18. The zero-order chi connectivity index (χ0) is 15.3. The Morgan fingerprint density at radius 2 is 1.71 bits per heavy atom. The summed E-state index contributed by atoms with van der Waals surface area (Å²) >= 11 is 0. The topological polar surface area (TPSA) is 84.2 Å². The highest BCUT2D eigenvalue weighted by atomic mass is 35.5. The molecule has 6 heteroatoms. The van der Waals surface area contributed by atoms with Gasteiger partial charge in [-0.3, -0.25) is 9.59 Å². The fourth-order valence-electron chi connectivity index (χ4n) is 1.40. The van der Waals surface area contributed by atoms with Gasteiger partial charge in [-0.05, 0) is 38.1 Å². The summed E-state index contributed by atoms with van der Waals surface area (Å²) in [7, 11) is 0. The van der Waals surface area contributed by atoms with Crippen molar-refractivity contribution in [3.8, 4) is 0 Å². The maximum absolute atomic E-state index is 11.9. The number of hydrogen-bond acceptors (Lipinski definition) is 3. The Morgan fingerprint density at radius 3 is 2.14 bits per heavy atom. The van der Waals surface area contributed by atoms with Crippen molar-refractivity contribution in [2.45, 2.75) is 33.2 Å². The largest absolute Gasteiger partial charge is 0.350 e. The molecule has 0 saturated carbocycles. The van der Waals surface area contributed by atoms with E-state index in [9.17, 15) is 9.59 Å². The summed E-state index contributed by atoms with van der Waals surface area (Å²) in [5.41, 5.74) is 6.58. The third-order valence-electron chi connectivity index (χ3n) is 2.64. The first kappa shape index (κ1) is 19.4. The van der Waals surface area contributed by atoms with E-state index in [1.165, 1.54) is 0 Å². The Balaban J connectivity index is 0.00000400. The number of nitrogens with one attached hydrogen (secondary N) is 2. The molecule has 0 aliphatic heterocycles. The number of hydrogen-bond donors (Lipinski definition) is 3. The van der Waals surface area contributed by atoms with Crippen LogP contribution >= 0.6 is 12.4 Å². The molecule has 1 rings (SSSR count). The second kappa shape index (κ2) is 8.00. The Hall–Kier alpha value is -1.59. The van der Waals surface area contributed by atoms with Gasteiger partial charge < -0.3 is 16.4 Å². The van der Waals surface area contributed by atoms with Crippen LogP contribution in [0.25, 0.3) is 0 Å². The summed E-state index contributed by atoms with van der Waals surface area (Å²) in [6.45, 7) is 7.74. The van der Waals surface area contributed by atoms with Crippen LogP contribution < -0.4 is 16.4 Å². The van der Waals surface area contributed by atoms with Crippen LogP contribution in [0, 0.1) is 5.92 Å². The molecule has 0 fully saturated rings. The number of benzene rings is 1. The molecule has 0 aliphatic carbocycles. The van der Waals surface area contributed by atoms with Gasteiger partial charge in [0.1, 0.15) is 0 Å². The number of amides is 2. The third-order valence-corrected chi connectivity index (χ3v) is 2.64. The predicted molar refractivity (Wildman–Crippen MR) is 87.8 cm³/mol. The van der Waals surface area contributed by atoms with Crippen molar-refractivity contribution < 1.29 is 9.59 Å². The normalized spacial score (nSPS) is 10.8. The maximum Gasteiger partial charge on any atom is 0.251 e. The molecule has 0 radical (unpaired) electrons. The third kappa shape index (κ3) is 7.11. The molecule has 4 N–H and O–H groups in total. The van der Waals surface area contributed by atoms with Crippen molar-refractivity contribution in [1.29, 1.82) is 0 Å². The summed E-state index contributed by atoms with van der Waals surface area (Å²) in [6.07, 6.45) is 0. The zero-order valence-corrected chi connectivity index (χ0v) is 13.7. The van der Waals surface area contributed by atoms with Crippen molar-refractivity contribution in [2.24, 2.45) is 11.7 Å². The number of rotatable bonds is 5. The average Bonchev–Trinajstić information content (AvgIpc) is 2.35. The highest BCUT2D eigenvalue weighted by Gasteiger charge is 2.13. The molecule has 0 atom stereocenters. The molecular formula is C15H24ClN3O2. The molecule has 0 saturated heterocycles. The monoisotopic (exact) mass is 313 g/mol. The highest BCUT2D eigenvalue weighted by Crippen LogP contribution is 2.11. The zero-order valence-electron chi connectivity index (χ0n) is 12.9. The minimum absolute atomic E-state index is 0. The van der Waals surface area contributed by atoms with E-state index in [1.54, 1.807) is 24.3 Å². The Bertz CT molecular complexity index is 479. The van der Waals surface area contributed by atoms with Gasteiger partial charge in [0.15, 0.2) is 0 Å². The second-order valence-electron chi connectivity index (χ2n) is 5.89. The van der Waals surface area contributed by atoms with Crippen LogP contribution in [0.2, 0.25) is 0 Å². The second-order valence-corrected chi connectivity index (χ2v) is 5.89. The van der Waals surface area contributed by atoms with Gasteiger partial charge in [0.2, 0.25) is 5.91 Å². The maximum atomic E-state index is 11.9. The summed E-state index contributed by atoms with van der Waals surface area (Å²) in [5.74, 6) is -0.304. The molecule has 0 aliphatic rings. The first-order chi connectivity index (χ1) is 9.19. The lowest BCUT2D eigenvalue weighted by molar-refractivity contribution is -0.118. The SMILES string of the molecule is CC(C)C(=O)Nc1ccc(C(=O)NCC(C)(C)N)cc1.Cl. The van der Waals surface area contributed by atoms with Crippen LogP contribution in [0.15, 0.2) is 24.3 Å². The average molecular weight is 314 g/mol. The highest BCUT2D eigenvalue weighted by molar-refractivity contribution is 5.96. The fraction of sp³-hybridized carbons (Fsp3) is 0.467. The molecule has 0 heterocycles. The van der Waals surface area contributed by atoms with Crippen LogP contribution in [0.1, 0.15) is 38.1 Å².